The van der Waals surface area contributed by atoms with Gasteiger partial charge in [-0.1, -0.05) is 237 Å². The highest BCUT2D eigenvalue weighted by Crippen LogP contribution is 2.16. The molecule has 0 saturated heterocycles. The third-order valence-electron chi connectivity index (χ3n) is 12.2. The summed E-state index contributed by atoms with van der Waals surface area (Å²) in [6.45, 7) is 4.86. The maximum atomic E-state index is 12.4. The molecule has 6 nitrogen and oxygen atoms in total. The number of aliphatic hydroxyl groups is 2. The van der Waals surface area contributed by atoms with Gasteiger partial charge in [-0.3, -0.25) is 9.59 Å². The van der Waals surface area contributed by atoms with Crippen molar-refractivity contribution >= 4 is 11.9 Å². The minimum Gasteiger partial charge on any atom is -0.466 e. The molecule has 6 heteroatoms. The highest BCUT2D eigenvalue weighted by atomic mass is 16.5. The number of allylic oxidation sites excluding steroid dienone is 3. The zero-order valence-corrected chi connectivity index (χ0v) is 40.2. The molecule has 0 aliphatic rings. The van der Waals surface area contributed by atoms with Crippen LogP contribution in [0.15, 0.2) is 24.3 Å². The van der Waals surface area contributed by atoms with Crippen LogP contribution in [-0.2, 0) is 14.3 Å². The zero-order chi connectivity index (χ0) is 43.7. The van der Waals surface area contributed by atoms with E-state index in [1.807, 2.05) is 6.08 Å². The van der Waals surface area contributed by atoms with Crippen molar-refractivity contribution in [2.75, 3.05) is 13.2 Å². The summed E-state index contributed by atoms with van der Waals surface area (Å²) in [5, 5.41) is 22.9. The highest BCUT2D eigenvalue weighted by molar-refractivity contribution is 5.76. The zero-order valence-electron chi connectivity index (χ0n) is 40.2. The molecule has 0 saturated carbocycles. The van der Waals surface area contributed by atoms with Crippen molar-refractivity contribution in [3.05, 3.63) is 24.3 Å². The number of ether oxygens (including phenoxy) is 1. The van der Waals surface area contributed by atoms with Gasteiger partial charge in [0.2, 0.25) is 5.91 Å². The van der Waals surface area contributed by atoms with Gasteiger partial charge in [0.25, 0.3) is 0 Å². The topological polar surface area (TPSA) is 95.9 Å². The van der Waals surface area contributed by atoms with Crippen LogP contribution in [0.25, 0.3) is 0 Å². The van der Waals surface area contributed by atoms with E-state index in [1.54, 1.807) is 6.08 Å². The molecule has 0 heterocycles. The largest absolute Gasteiger partial charge is 0.466 e. The first-order chi connectivity index (χ1) is 29.5. The summed E-state index contributed by atoms with van der Waals surface area (Å²) in [4.78, 5) is 24.4. The second-order valence-electron chi connectivity index (χ2n) is 18.2. The first kappa shape index (κ1) is 58.3. The van der Waals surface area contributed by atoms with Gasteiger partial charge in [-0.05, 0) is 57.8 Å². The van der Waals surface area contributed by atoms with E-state index in [4.69, 9.17) is 4.74 Å². The van der Waals surface area contributed by atoms with E-state index in [0.717, 1.165) is 64.2 Å². The lowest BCUT2D eigenvalue weighted by molar-refractivity contribution is -0.143. The molecule has 0 bridgehead atoms. The molecule has 2 unspecified atom stereocenters. The van der Waals surface area contributed by atoms with Crippen LogP contribution in [0.2, 0.25) is 0 Å². The smallest absolute Gasteiger partial charge is 0.305 e. The number of amides is 1. The predicted molar refractivity (Wildman–Crippen MR) is 260 cm³/mol. The molecule has 0 radical (unpaired) electrons. The van der Waals surface area contributed by atoms with Gasteiger partial charge in [0.05, 0.1) is 25.4 Å². The molecule has 0 aromatic carbocycles. The molecular weight excluding hydrogens is 743 g/mol. The van der Waals surface area contributed by atoms with Crippen molar-refractivity contribution in [3.63, 3.8) is 0 Å². The summed E-state index contributed by atoms with van der Waals surface area (Å²) in [6, 6.07) is -0.637. The molecule has 1 amide bonds. The first-order valence-electron chi connectivity index (χ1n) is 26.6. The molecule has 0 aromatic rings. The number of carbonyl (C=O) groups is 2. The van der Waals surface area contributed by atoms with Crippen molar-refractivity contribution in [1.82, 2.24) is 5.32 Å². The van der Waals surface area contributed by atoms with Crippen molar-refractivity contribution in [2.24, 2.45) is 0 Å². The minimum atomic E-state index is -0.852. The fraction of sp³-hybridized carbons (Fsp3) is 0.889. The molecule has 0 aliphatic carbocycles. The maximum Gasteiger partial charge on any atom is 0.305 e. The van der Waals surface area contributed by atoms with Gasteiger partial charge in [-0.15, -0.1) is 0 Å². The Labute approximate surface area is 373 Å². The van der Waals surface area contributed by atoms with Gasteiger partial charge in [-0.2, -0.15) is 0 Å². The summed E-state index contributed by atoms with van der Waals surface area (Å²) >= 11 is 0. The second kappa shape index (κ2) is 50.0. The van der Waals surface area contributed by atoms with Crippen LogP contribution in [0.1, 0.15) is 284 Å². The molecule has 0 spiro atoms. The summed E-state index contributed by atoms with van der Waals surface area (Å²) in [5.41, 5.74) is 0. The summed E-state index contributed by atoms with van der Waals surface area (Å²) in [6.07, 6.45) is 59.1. The number of nitrogens with one attached hydrogen (secondary N) is 1. The lowest BCUT2D eigenvalue weighted by Crippen LogP contribution is -2.45. The van der Waals surface area contributed by atoms with Gasteiger partial charge >= 0.3 is 5.97 Å². The molecule has 0 aromatic heterocycles. The van der Waals surface area contributed by atoms with Gasteiger partial charge in [0.1, 0.15) is 0 Å². The fourth-order valence-corrected chi connectivity index (χ4v) is 8.10. The average Bonchev–Trinajstić information content (AvgIpc) is 3.25. The maximum absolute atomic E-state index is 12.4. The van der Waals surface area contributed by atoms with Crippen LogP contribution in [0.4, 0.5) is 0 Å². The first-order valence-corrected chi connectivity index (χ1v) is 26.6. The quantitative estimate of drug-likeness (QED) is 0.0322. The van der Waals surface area contributed by atoms with E-state index in [-0.39, 0.29) is 18.5 Å². The average molecular weight is 846 g/mol. The van der Waals surface area contributed by atoms with E-state index in [1.165, 1.54) is 193 Å². The number of aliphatic hydroxyl groups excluding tert-OH is 2. The predicted octanol–water partition coefficient (Wildman–Crippen LogP) is 15.9. The van der Waals surface area contributed by atoms with Crippen LogP contribution >= 0.6 is 0 Å². The van der Waals surface area contributed by atoms with Crippen LogP contribution in [0.5, 0.6) is 0 Å². The van der Waals surface area contributed by atoms with Crippen LogP contribution in [0.3, 0.4) is 0 Å². The number of rotatable bonds is 49. The van der Waals surface area contributed by atoms with Crippen LogP contribution in [0, 0.1) is 0 Å². The summed E-state index contributed by atoms with van der Waals surface area (Å²) < 4.78 is 5.48. The van der Waals surface area contributed by atoms with Gasteiger partial charge in [-0.25, -0.2) is 0 Å². The third kappa shape index (κ3) is 45.9. The van der Waals surface area contributed by atoms with E-state index >= 15 is 0 Å². The summed E-state index contributed by atoms with van der Waals surface area (Å²) in [7, 11) is 0. The van der Waals surface area contributed by atoms with E-state index in [0.29, 0.717) is 19.4 Å². The van der Waals surface area contributed by atoms with Crippen molar-refractivity contribution in [1.29, 1.82) is 0 Å². The van der Waals surface area contributed by atoms with Gasteiger partial charge in [0, 0.05) is 12.8 Å². The van der Waals surface area contributed by atoms with Crippen molar-refractivity contribution in [2.45, 2.75) is 296 Å². The Kier molecular flexibility index (Phi) is 48.6. The van der Waals surface area contributed by atoms with Crippen molar-refractivity contribution < 1.29 is 24.5 Å². The Balaban J connectivity index is 3.43. The standard InChI is InChI=1S/C54H103NO5/c1-3-5-7-9-11-13-14-15-16-17-18-22-25-28-32-36-40-44-48-54(59)60-49-45-41-37-33-29-26-23-20-19-21-24-27-31-35-39-43-47-53(58)55-51(50-56)52(57)46-42-38-34-30-12-10-8-6-4-2/h19,21,42,46,51-52,56-57H,3-18,20,22-41,43-45,47-50H2,1-2H3,(H,55,58)/b21-19-,46-42+. The number of carbonyl (C=O) groups excluding carboxylic acids is 2. The van der Waals surface area contributed by atoms with Crippen molar-refractivity contribution in [3.8, 4) is 0 Å². The van der Waals surface area contributed by atoms with E-state index < -0.39 is 12.1 Å². The Morgan fingerprint density at radius 3 is 1.18 bits per heavy atom. The molecule has 2 atom stereocenters. The Bertz CT molecular complexity index is 935. The molecule has 0 aliphatic heterocycles. The van der Waals surface area contributed by atoms with Gasteiger partial charge in [0.15, 0.2) is 0 Å². The van der Waals surface area contributed by atoms with Crippen LogP contribution in [-0.4, -0.2) is 47.4 Å². The van der Waals surface area contributed by atoms with E-state index in [9.17, 15) is 19.8 Å². The monoisotopic (exact) mass is 846 g/mol. The molecule has 354 valence electrons. The number of esters is 1. The van der Waals surface area contributed by atoms with Crippen LogP contribution < -0.4 is 5.32 Å². The molecule has 0 fully saturated rings. The molecule has 60 heavy (non-hydrogen) atoms. The molecule has 0 rings (SSSR count). The van der Waals surface area contributed by atoms with E-state index in [2.05, 4.69) is 31.3 Å². The lowest BCUT2D eigenvalue weighted by atomic mass is 10.0. The highest BCUT2D eigenvalue weighted by Gasteiger charge is 2.18. The van der Waals surface area contributed by atoms with Gasteiger partial charge < -0.3 is 20.3 Å². The minimum absolute atomic E-state index is 0.0000823. The third-order valence-corrected chi connectivity index (χ3v) is 12.2. The number of hydrogen-bond donors (Lipinski definition) is 3. The molecular formula is C54H103NO5. The Morgan fingerprint density at radius 2 is 0.783 bits per heavy atom. The normalized spacial score (nSPS) is 12.8. The lowest BCUT2D eigenvalue weighted by Gasteiger charge is -2.20. The summed E-state index contributed by atoms with van der Waals surface area (Å²) in [5.74, 6) is -0.0878. The molecule has 3 N–H and O–H groups in total. The SMILES string of the molecule is CCCCCCCCC/C=C/C(O)C(CO)NC(=O)CCCCCCC/C=C\CCCCCCCCCOC(=O)CCCCCCCCCCCCCCCCCCCC. The number of unbranched alkanes of at least 4 members (excludes halogenated alkanes) is 36. The fourth-order valence-electron chi connectivity index (χ4n) is 8.10. The number of hydrogen-bond acceptors (Lipinski definition) is 5. The Morgan fingerprint density at radius 1 is 0.450 bits per heavy atom. The Hall–Kier alpha value is -1.66. The second-order valence-corrected chi connectivity index (χ2v) is 18.2.